The standard InChI is InChI=1S/C9H8N4/c1-5-7-2-6(4-10)8(11)3-9(7)13-12-5/h2-3H,11H2,1H3,(H,12,13). The molecule has 0 aliphatic heterocycles. The van der Waals surface area contributed by atoms with Gasteiger partial charge in [-0.3, -0.25) is 5.10 Å². The van der Waals surface area contributed by atoms with Gasteiger partial charge in [-0.1, -0.05) is 0 Å². The van der Waals surface area contributed by atoms with Gasteiger partial charge in [0.1, 0.15) is 6.07 Å². The highest BCUT2D eigenvalue weighted by molar-refractivity contribution is 5.86. The molecule has 0 radical (unpaired) electrons. The summed E-state index contributed by atoms with van der Waals surface area (Å²) in [5, 5.41) is 16.6. The average Bonchev–Trinajstić information content (AvgIpc) is 2.46. The molecule has 0 unspecified atom stereocenters. The van der Waals surface area contributed by atoms with Crippen LogP contribution >= 0.6 is 0 Å². The number of hydrogen-bond acceptors (Lipinski definition) is 3. The van der Waals surface area contributed by atoms with Gasteiger partial charge in [0.15, 0.2) is 0 Å². The van der Waals surface area contributed by atoms with Crippen LogP contribution in [0.1, 0.15) is 11.3 Å². The molecule has 4 heteroatoms. The van der Waals surface area contributed by atoms with Gasteiger partial charge in [-0.15, -0.1) is 0 Å². The van der Waals surface area contributed by atoms with Crippen molar-refractivity contribution in [2.45, 2.75) is 6.92 Å². The normalized spacial score (nSPS) is 10.2. The Morgan fingerprint density at radius 1 is 1.54 bits per heavy atom. The lowest BCUT2D eigenvalue weighted by atomic mass is 10.1. The van der Waals surface area contributed by atoms with Crippen molar-refractivity contribution >= 4 is 16.6 Å². The molecule has 3 N–H and O–H groups in total. The van der Waals surface area contributed by atoms with E-state index in [4.69, 9.17) is 11.0 Å². The summed E-state index contributed by atoms with van der Waals surface area (Å²) in [6.45, 7) is 1.91. The number of aromatic amines is 1. The van der Waals surface area contributed by atoms with Crippen molar-refractivity contribution in [2.24, 2.45) is 0 Å². The zero-order chi connectivity index (χ0) is 9.42. The zero-order valence-corrected chi connectivity index (χ0v) is 7.13. The largest absolute Gasteiger partial charge is 0.398 e. The summed E-state index contributed by atoms with van der Waals surface area (Å²) in [5.41, 5.74) is 8.35. The Balaban J connectivity index is 2.86. The first-order valence-electron chi connectivity index (χ1n) is 3.86. The molecule has 0 aliphatic rings. The van der Waals surface area contributed by atoms with Crippen LogP contribution in [-0.4, -0.2) is 10.2 Å². The summed E-state index contributed by atoms with van der Waals surface area (Å²) in [6.07, 6.45) is 0. The van der Waals surface area contributed by atoms with Crippen molar-refractivity contribution in [3.63, 3.8) is 0 Å². The van der Waals surface area contributed by atoms with E-state index in [1.165, 1.54) is 0 Å². The highest BCUT2D eigenvalue weighted by Crippen LogP contribution is 2.21. The summed E-state index contributed by atoms with van der Waals surface area (Å²) < 4.78 is 0. The first kappa shape index (κ1) is 7.62. The monoisotopic (exact) mass is 172 g/mol. The Bertz CT molecular complexity index is 504. The number of nitrogen functional groups attached to an aromatic ring is 1. The Morgan fingerprint density at radius 2 is 2.31 bits per heavy atom. The van der Waals surface area contributed by atoms with E-state index in [0.717, 1.165) is 16.6 Å². The smallest absolute Gasteiger partial charge is 0.101 e. The van der Waals surface area contributed by atoms with Crippen LogP contribution in [0.25, 0.3) is 10.9 Å². The van der Waals surface area contributed by atoms with Crippen LogP contribution < -0.4 is 5.73 Å². The van der Waals surface area contributed by atoms with E-state index in [9.17, 15) is 0 Å². The van der Waals surface area contributed by atoms with Crippen molar-refractivity contribution < 1.29 is 0 Å². The van der Waals surface area contributed by atoms with Gasteiger partial charge >= 0.3 is 0 Å². The minimum absolute atomic E-state index is 0.474. The van der Waals surface area contributed by atoms with E-state index in [1.807, 2.05) is 13.0 Å². The number of hydrogen-bond donors (Lipinski definition) is 2. The predicted octanol–water partition coefficient (Wildman–Crippen LogP) is 1.33. The molecule has 0 amide bonds. The summed E-state index contributed by atoms with van der Waals surface area (Å²) in [4.78, 5) is 0. The first-order chi connectivity index (χ1) is 6.22. The van der Waals surface area contributed by atoms with Gasteiger partial charge < -0.3 is 5.73 Å². The lowest BCUT2D eigenvalue weighted by Gasteiger charge is -1.96. The number of H-pyrrole nitrogens is 1. The van der Waals surface area contributed by atoms with Crippen LogP contribution in [-0.2, 0) is 0 Å². The second kappa shape index (κ2) is 2.49. The fourth-order valence-electron chi connectivity index (χ4n) is 1.30. The maximum absolute atomic E-state index is 8.75. The molecule has 0 bridgehead atoms. The maximum Gasteiger partial charge on any atom is 0.101 e. The molecule has 0 spiro atoms. The van der Waals surface area contributed by atoms with E-state index < -0.39 is 0 Å². The van der Waals surface area contributed by atoms with Gasteiger partial charge in [0.05, 0.1) is 16.8 Å². The maximum atomic E-state index is 8.75. The van der Waals surface area contributed by atoms with Gasteiger partial charge in [-0.2, -0.15) is 10.4 Å². The molecular formula is C9H8N4. The number of benzene rings is 1. The highest BCUT2D eigenvalue weighted by Gasteiger charge is 2.05. The Kier molecular flexibility index (Phi) is 1.46. The molecule has 2 rings (SSSR count). The van der Waals surface area contributed by atoms with E-state index in [1.54, 1.807) is 12.1 Å². The molecule has 13 heavy (non-hydrogen) atoms. The number of fused-ring (bicyclic) bond motifs is 1. The molecule has 64 valence electrons. The second-order valence-electron chi connectivity index (χ2n) is 2.92. The lowest BCUT2D eigenvalue weighted by Crippen LogP contribution is -1.89. The number of aromatic nitrogens is 2. The molecule has 0 saturated carbocycles. The number of anilines is 1. The zero-order valence-electron chi connectivity index (χ0n) is 7.13. The average molecular weight is 172 g/mol. The molecular weight excluding hydrogens is 164 g/mol. The van der Waals surface area contributed by atoms with Gasteiger partial charge in [-0.05, 0) is 19.1 Å². The molecule has 0 saturated heterocycles. The van der Waals surface area contributed by atoms with Gasteiger partial charge in [0, 0.05) is 11.1 Å². The quantitative estimate of drug-likeness (QED) is 0.588. The minimum Gasteiger partial charge on any atom is -0.398 e. The Morgan fingerprint density at radius 3 is 3.00 bits per heavy atom. The van der Waals surface area contributed by atoms with Crippen molar-refractivity contribution in [1.82, 2.24) is 10.2 Å². The number of nitrogens with zero attached hydrogens (tertiary/aromatic N) is 2. The van der Waals surface area contributed by atoms with Crippen molar-refractivity contribution in [3.05, 3.63) is 23.4 Å². The minimum atomic E-state index is 0.474. The molecule has 1 heterocycles. The molecule has 4 nitrogen and oxygen atoms in total. The fourth-order valence-corrected chi connectivity index (χ4v) is 1.30. The molecule has 0 aliphatic carbocycles. The molecule has 1 aromatic carbocycles. The van der Waals surface area contributed by atoms with E-state index >= 15 is 0 Å². The summed E-state index contributed by atoms with van der Waals surface area (Å²) >= 11 is 0. The van der Waals surface area contributed by atoms with Crippen LogP contribution in [0.5, 0.6) is 0 Å². The van der Waals surface area contributed by atoms with E-state index in [2.05, 4.69) is 10.2 Å². The van der Waals surface area contributed by atoms with Crippen LogP contribution in [0.3, 0.4) is 0 Å². The number of nitrogens with one attached hydrogen (secondary N) is 1. The molecule has 0 fully saturated rings. The number of nitriles is 1. The summed E-state index contributed by atoms with van der Waals surface area (Å²) in [6, 6.07) is 5.50. The van der Waals surface area contributed by atoms with Gasteiger partial charge in [0.2, 0.25) is 0 Å². The highest BCUT2D eigenvalue weighted by atomic mass is 15.1. The third-order valence-corrected chi connectivity index (χ3v) is 2.04. The second-order valence-corrected chi connectivity index (χ2v) is 2.92. The fraction of sp³-hybridized carbons (Fsp3) is 0.111. The SMILES string of the molecule is Cc1[nH]nc2cc(N)c(C#N)cc12. The van der Waals surface area contributed by atoms with Crippen molar-refractivity contribution in [1.29, 1.82) is 5.26 Å². The molecule has 0 atom stereocenters. The van der Waals surface area contributed by atoms with Crippen LogP contribution in [0, 0.1) is 18.3 Å². The van der Waals surface area contributed by atoms with Crippen molar-refractivity contribution in [2.75, 3.05) is 5.73 Å². The summed E-state index contributed by atoms with van der Waals surface area (Å²) in [5.74, 6) is 0. The first-order valence-corrected chi connectivity index (χ1v) is 3.86. The molecule has 2 aromatic rings. The number of aryl methyl sites for hydroxylation is 1. The number of nitrogens with two attached hydrogens (primary N) is 1. The number of rotatable bonds is 0. The van der Waals surface area contributed by atoms with Crippen molar-refractivity contribution in [3.8, 4) is 6.07 Å². The summed E-state index contributed by atoms with van der Waals surface area (Å²) in [7, 11) is 0. The molecule has 1 aromatic heterocycles. The Hall–Kier alpha value is -2.02. The lowest BCUT2D eigenvalue weighted by molar-refractivity contribution is 1.07. The Labute approximate surface area is 75.0 Å². The predicted molar refractivity (Wildman–Crippen MR) is 50.0 cm³/mol. The van der Waals surface area contributed by atoms with E-state index in [0.29, 0.717) is 11.3 Å². The third-order valence-electron chi connectivity index (χ3n) is 2.04. The van der Waals surface area contributed by atoms with Crippen LogP contribution in [0.4, 0.5) is 5.69 Å². The van der Waals surface area contributed by atoms with E-state index in [-0.39, 0.29) is 0 Å². The topological polar surface area (TPSA) is 78.5 Å². The third kappa shape index (κ3) is 1.02. The van der Waals surface area contributed by atoms with Crippen LogP contribution in [0.15, 0.2) is 12.1 Å². The van der Waals surface area contributed by atoms with Crippen LogP contribution in [0.2, 0.25) is 0 Å². The van der Waals surface area contributed by atoms with Gasteiger partial charge in [0.25, 0.3) is 0 Å². The van der Waals surface area contributed by atoms with Gasteiger partial charge in [-0.25, -0.2) is 0 Å².